The molecule has 0 heterocycles. The number of carbonyl (C=O) groups is 1. The molecule has 0 bridgehead atoms. The first-order chi connectivity index (χ1) is 9.60. The van der Waals surface area contributed by atoms with Gasteiger partial charge in [-0.3, -0.25) is 9.69 Å². The van der Waals surface area contributed by atoms with Crippen LogP contribution in [0, 0.1) is 0 Å². The van der Waals surface area contributed by atoms with Gasteiger partial charge in [0.2, 0.25) is 5.91 Å². The largest absolute Gasteiger partial charge is 0.497 e. The van der Waals surface area contributed by atoms with E-state index in [1.807, 2.05) is 19.1 Å². The lowest BCUT2D eigenvalue weighted by Gasteiger charge is -2.27. The molecule has 1 aromatic carbocycles. The molecule has 0 radical (unpaired) electrons. The van der Waals surface area contributed by atoms with Crippen LogP contribution >= 0.6 is 0 Å². The van der Waals surface area contributed by atoms with Crippen LogP contribution in [-0.4, -0.2) is 43.6 Å². The Morgan fingerprint density at radius 1 is 1.30 bits per heavy atom. The number of benzene rings is 1. The summed E-state index contributed by atoms with van der Waals surface area (Å²) in [7, 11) is 1.67. The topological polar surface area (TPSA) is 41.6 Å². The van der Waals surface area contributed by atoms with Crippen molar-refractivity contribution in [3.63, 3.8) is 0 Å². The van der Waals surface area contributed by atoms with E-state index in [9.17, 15) is 4.79 Å². The standard InChI is InChI=1S/C16H26N2O2/c1-5-17-16(19)12-18(6-2)13(3)11-14-7-9-15(20-4)10-8-14/h7-10,13H,5-6,11-12H2,1-4H3,(H,17,19). The molecule has 0 spiro atoms. The molecule has 4 nitrogen and oxygen atoms in total. The zero-order chi connectivity index (χ0) is 15.0. The molecule has 0 fully saturated rings. The lowest BCUT2D eigenvalue weighted by molar-refractivity contribution is -0.122. The first-order valence-corrected chi connectivity index (χ1v) is 7.24. The van der Waals surface area contributed by atoms with Gasteiger partial charge in [0.1, 0.15) is 5.75 Å². The Kier molecular flexibility index (Phi) is 7.09. The molecule has 1 rings (SSSR count). The average Bonchev–Trinajstić information content (AvgIpc) is 2.45. The Balaban J connectivity index is 2.57. The van der Waals surface area contributed by atoms with Crippen LogP contribution in [0.5, 0.6) is 5.75 Å². The number of amides is 1. The van der Waals surface area contributed by atoms with Gasteiger partial charge in [0, 0.05) is 12.6 Å². The number of nitrogens with one attached hydrogen (secondary N) is 1. The second kappa shape index (κ2) is 8.59. The van der Waals surface area contributed by atoms with Crippen molar-refractivity contribution in [2.45, 2.75) is 33.2 Å². The monoisotopic (exact) mass is 278 g/mol. The van der Waals surface area contributed by atoms with Gasteiger partial charge in [0.05, 0.1) is 13.7 Å². The second-order valence-electron chi connectivity index (χ2n) is 4.92. The SMILES string of the molecule is CCNC(=O)CN(CC)C(C)Cc1ccc(OC)cc1. The van der Waals surface area contributed by atoms with Crippen molar-refractivity contribution in [3.05, 3.63) is 29.8 Å². The number of methoxy groups -OCH3 is 1. The van der Waals surface area contributed by atoms with Crippen LogP contribution < -0.4 is 10.1 Å². The molecule has 1 unspecified atom stereocenters. The number of hydrogen-bond acceptors (Lipinski definition) is 3. The van der Waals surface area contributed by atoms with Crippen molar-refractivity contribution in [1.82, 2.24) is 10.2 Å². The van der Waals surface area contributed by atoms with Crippen molar-refractivity contribution < 1.29 is 9.53 Å². The third kappa shape index (κ3) is 5.21. The smallest absolute Gasteiger partial charge is 0.234 e. The Morgan fingerprint density at radius 2 is 1.95 bits per heavy atom. The quantitative estimate of drug-likeness (QED) is 0.791. The maximum atomic E-state index is 11.7. The summed E-state index contributed by atoms with van der Waals surface area (Å²) in [6, 6.07) is 8.44. The Hall–Kier alpha value is -1.55. The summed E-state index contributed by atoms with van der Waals surface area (Å²) < 4.78 is 5.16. The predicted octanol–water partition coefficient (Wildman–Crippen LogP) is 2.08. The lowest BCUT2D eigenvalue weighted by atomic mass is 10.1. The molecule has 0 saturated heterocycles. The van der Waals surface area contributed by atoms with E-state index in [0.29, 0.717) is 19.1 Å². The zero-order valence-corrected chi connectivity index (χ0v) is 13.0. The molecule has 4 heteroatoms. The number of hydrogen-bond donors (Lipinski definition) is 1. The van der Waals surface area contributed by atoms with Crippen molar-refractivity contribution in [1.29, 1.82) is 0 Å². The van der Waals surface area contributed by atoms with Crippen molar-refractivity contribution in [2.24, 2.45) is 0 Å². The summed E-state index contributed by atoms with van der Waals surface area (Å²) in [5.41, 5.74) is 1.26. The van der Waals surface area contributed by atoms with Crippen molar-refractivity contribution in [2.75, 3.05) is 26.7 Å². The zero-order valence-electron chi connectivity index (χ0n) is 13.0. The van der Waals surface area contributed by atoms with Crippen molar-refractivity contribution >= 4 is 5.91 Å². The molecule has 0 aliphatic heterocycles. The summed E-state index contributed by atoms with van der Waals surface area (Å²) in [4.78, 5) is 13.9. The number of likely N-dealkylation sites (N-methyl/N-ethyl adjacent to an activating group) is 2. The molecule has 1 N–H and O–H groups in total. The first kappa shape index (κ1) is 16.5. The third-order valence-electron chi connectivity index (χ3n) is 3.44. The molecule has 1 aromatic rings. The molecule has 0 saturated carbocycles. The Bertz CT molecular complexity index is 403. The van der Waals surface area contributed by atoms with Crippen molar-refractivity contribution in [3.8, 4) is 5.75 Å². The van der Waals surface area contributed by atoms with E-state index in [2.05, 4.69) is 36.2 Å². The molecule has 0 aliphatic rings. The number of nitrogens with zero attached hydrogens (tertiary/aromatic N) is 1. The summed E-state index contributed by atoms with van der Waals surface area (Å²) in [6.45, 7) is 8.20. The second-order valence-corrected chi connectivity index (χ2v) is 4.92. The van der Waals surface area contributed by atoms with Crippen LogP contribution in [0.4, 0.5) is 0 Å². The van der Waals surface area contributed by atoms with E-state index in [-0.39, 0.29) is 5.91 Å². The van der Waals surface area contributed by atoms with Gasteiger partial charge in [0.25, 0.3) is 0 Å². The van der Waals surface area contributed by atoms with Gasteiger partial charge in [-0.25, -0.2) is 0 Å². The van der Waals surface area contributed by atoms with Crippen LogP contribution in [0.3, 0.4) is 0 Å². The summed E-state index contributed by atoms with van der Waals surface area (Å²) in [5.74, 6) is 0.965. The molecular weight excluding hydrogens is 252 g/mol. The summed E-state index contributed by atoms with van der Waals surface area (Å²) >= 11 is 0. The van der Waals surface area contributed by atoms with Gasteiger partial charge in [-0.15, -0.1) is 0 Å². The van der Waals surface area contributed by atoms with Crippen LogP contribution in [0.2, 0.25) is 0 Å². The highest BCUT2D eigenvalue weighted by Gasteiger charge is 2.15. The van der Waals surface area contributed by atoms with Crippen LogP contribution in [-0.2, 0) is 11.2 Å². The fraction of sp³-hybridized carbons (Fsp3) is 0.562. The average molecular weight is 278 g/mol. The van der Waals surface area contributed by atoms with E-state index < -0.39 is 0 Å². The van der Waals surface area contributed by atoms with Gasteiger partial charge in [0.15, 0.2) is 0 Å². The summed E-state index contributed by atoms with van der Waals surface area (Å²) in [6.07, 6.45) is 0.928. The fourth-order valence-electron chi connectivity index (χ4n) is 2.25. The van der Waals surface area contributed by atoms with E-state index in [1.165, 1.54) is 5.56 Å². The van der Waals surface area contributed by atoms with Gasteiger partial charge in [-0.1, -0.05) is 19.1 Å². The molecule has 20 heavy (non-hydrogen) atoms. The molecule has 1 amide bonds. The van der Waals surface area contributed by atoms with E-state index in [0.717, 1.165) is 18.7 Å². The molecule has 0 aliphatic carbocycles. The molecule has 0 aromatic heterocycles. The van der Waals surface area contributed by atoms with Crippen LogP contribution in [0.25, 0.3) is 0 Å². The maximum Gasteiger partial charge on any atom is 0.234 e. The molecule has 1 atom stereocenters. The third-order valence-corrected chi connectivity index (χ3v) is 3.44. The van der Waals surface area contributed by atoms with Crippen LogP contribution in [0.15, 0.2) is 24.3 Å². The highest BCUT2D eigenvalue weighted by atomic mass is 16.5. The minimum atomic E-state index is 0.0935. The Labute approximate surface area is 122 Å². The van der Waals surface area contributed by atoms with Crippen LogP contribution in [0.1, 0.15) is 26.3 Å². The first-order valence-electron chi connectivity index (χ1n) is 7.24. The van der Waals surface area contributed by atoms with Gasteiger partial charge >= 0.3 is 0 Å². The van der Waals surface area contributed by atoms with Gasteiger partial charge < -0.3 is 10.1 Å². The normalized spacial score (nSPS) is 12.2. The predicted molar refractivity (Wildman–Crippen MR) is 82.1 cm³/mol. The number of rotatable bonds is 8. The minimum absolute atomic E-state index is 0.0935. The minimum Gasteiger partial charge on any atom is -0.497 e. The van der Waals surface area contributed by atoms with E-state index >= 15 is 0 Å². The molecule has 112 valence electrons. The lowest BCUT2D eigenvalue weighted by Crippen LogP contribution is -2.42. The maximum absolute atomic E-state index is 11.7. The van der Waals surface area contributed by atoms with Gasteiger partial charge in [-0.05, 0) is 44.5 Å². The van der Waals surface area contributed by atoms with E-state index in [1.54, 1.807) is 7.11 Å². The highest BCUT2D eigenvalue weighted by molar-refractivity contribution is 5.77. The Morgan fingerprint density at radius 3 is 2.45 bits per heavy atom. The number of ether oxygens (including phenoxy) is 1. The van der Waals surface area contributed by atoms with E-state index in [4.69, 9.17) is 4.74 Å². The fourth-order valence-corrected chi connectivity index (χ4v) is 2.25. The summed E-state index contributed by atoms with van der Waals surface area (Å²) in [5, 5.41) is 2.85. The van der Waals surface area contributed by atoms with Gasteiger partial charge in [-0.2, -0.15) is 0 Å². The highest BCUT2D eigenvalue weighted by Crippen LogP contribution is 2.14. The number of carbonyl (C=O) groups excluding carboxylic acids is 1. The molecular formula is C16H26N2O2.